The Balaban J connectivity index is 1.30. The number of piperidine rings is 1. The molecule has 2 fully saturated rings. The number of nitrogens with zero attached hydrogens (tertiary/aromatic N) is 4. The third kappa shape index (κ3) is 4.37. The minimum atomic E-state index is -4.67. The van der Waals surface area contributed by atoms with Crippen LogP contribution in [0.3, 0.4) is 0 Å². The molecule has 3 aliphatic rings. The Labute approximate surface area is 227 Å². The van der Waals surface area contributed by atoms with Gasteiger partial charge in [0, 0.05) is 42.5 Å². The fraction of sp³-hybridized carbons (Fsp3) is 0.444. The van der Waals surface area contributed by atoms with Crippen LogP contribution < -0.4 is 15.8 Å². The van der Waals surface area contributed by atoms with E-state index in [1.165, 1.54) is 28.1 Å². The van der Waals surface area contributed by atoms with Crippen molar-refractivity contribution in [3.8, 4) is 6.07 Å². The molecule has 0 unspecified atom stereocenters. The fourth-order valence-electron chi connectivity index (χ4n) is 5.62. The Kier molecular flexibility index (Phi) is 6.20. The van der Waals surface area contributed by atoms with Crippen molar-refractivity contribution in [2.24, 2.45) is 10.8 Å². The van der Waals surface area contributed by atoms with E-state index in [4.69, 9.17) is 4.74 Å². The molecule has 10 nitrogen and oxygen atoms in total. The van der Waals surface area contributed by atoms with Gasteiger partial charge in [0.2, 0.25) is 5.91 Å². The summed E-state index contributed by atoms with van der Waals surface area (Å²) in [5.74, 6) is -1.67. The summed E-state index contributed by atoms with van der Waals surface area (Å²) < 4.78 is 48.4. The molecule has 0 spiro atoms. The Morgan fingerprint density at radius 3 is 2.55 bits per heavy atom. The standard InChI is InChI=1S/C27H27F3N6O4/c1-24(2,3)40-23(39)35-10-8-17(12-35)21(37)33-34-22(38)25-13-26(25,27(28,29)30)15-36(14-25)19-7-6-16(11-31)20-18(19)5-4-9-32-20/h4-9H,10,12-15H2,1-3H3,(H,33,37)(H,34,38)/t25-,26-/m0/s1. The van der Waals surface area contributed by atoms with Crippen LogP contribution in [0, 0.1) is 22.2 Å². The van der Waals surface area contributed by atoms with Gasteiger partial charge in [0.1, 0.15) is 17.1 Å². The summed E-state index contributed by atoms with van der Waals surface area (Å²) in [6, 6.07) is 8.39. The van der Waals surface area contributed by atoms with Crippen LogP contribution in [0.5, 0.6) is 0 Å². The SMILES string of the molecule is CC(C)(C)OC(=O)N1CC=C(C(=O)NNC(=O)[C@]23CN(c4ccc(C#N)c5ncccc45)C[C@@]2(C(F)(F)F)C3)C1. The van der Waals surface area contributed by atoms with Gasteiger partial charge in [-0.3, -0.25) is 30.3 Å². The molecule has 3 amide bonds. The molecule has 5 rings (SSSR count). The number of fused-ring (bicyclic) bond motifs is 2. The zero-order chi connectivity index (χ0) is 29.1. The average Bonchev–Trinajstić information content (AvgIpc) is 3.19. The van der Waals surface area contributed by atoms with E-state index in [1.54, 1.807) is 39.0 Å². The van der Waals surface area contributed by atoms with Gasteiger partial charge in [-0.1, -0.05) is 6.08 Å². The van der Waals surface area contributed by atoms with Crippen LogP contribution in [0.2, 0.25) is 0 Å². The summed E-state index contributed by atoms with van der Waals surface area (Å²) in [5.41, 5.74) is 0.836. The topological polar surface area (TPSA) is 128 Å². The largest absolute Gasteiger partial charge is 0.444 e. The second kappa shape index (κ2) is 9.11. The van der Waals surface area contributed by atoms with Crippen molar-refractivity contribution >= 4 is 34.5 Å². The van der Waals surface area contributed by atoms with Crippen molar-refractivity contribution in [1.82, 2.24) is 20.7 Å². The molecule has 2 N–H and O–H groups in total. The van der Waals surface area contributed by atoms with Crippen LogP contribution in [0.15, 0.2) is 42.1 Å². The lowest BCUT2D eigenvalue weighted by Gasteiger charge is -2.25. The van der Waals surface area contributed by atoms with Crippen LogP contribution in [0.1, 0.15) is 32.8 Å². The molecule has 0 bridgehead atoms. The first-order valence-electron chi connectivity index (χ1n) is 12.6. The van der Waals surface area contributed by atoms with E-state index in [-0.39, 0.29) is 30.8 Å². The summed E-state index contributed by atoms with van der Waals surface area (Å²) >= 11 is 0. The van der Waals surface area contributed by atoms with Gasteiger partial charge < -0.3 is 9.64 Å². The van der Waals surface area contributed by atoms with Crippen molar-refractivity contribution in [3.63, 3.8) is 0 Å². The van der Waals surface area contributed by atoms with E-state index in [9.17, 15) is 32.8 Å². The average molecular weight is 557 g/mol. The zero-order valence-electron chi connectivity index (χ0n) is 22.1. The van der Waals surface area contributed by atoms with Crippen molar-refractivity contribution in [3.05, 3.63) is 47.7 Å². The number of hydrogen-bond acceptors (Lipinski definition) is 7. The van der Waals surface area contributed by atoms with Gasteiger partial charge in [0.15, 0.2) is 0 Å². The second-order valence-electron chi connectivity index (χ2n) is 11.3. The maximum atomic E-state index is 14.4. The lowest BCUT2D eigenvalue weighted by Crippen LogP contribution is -2.49. The summed E-state index contributed by atoms with van der Waals surface area (Å²) in [5, 5.41) is 9.91. The number of alkyl halides is 3. The second-order valence-corrected chi connectivity index (χ2v) is 11.3. The number of aromatic nitrogens is 1. The molecule has 2 aromatic rings. The Bertz CT molecular complexity index is 1490. The predicted molar refractivity (Wildman–Crippen MR) is 136 cm³/mol. The number of carbonyl (C=O) groups is 3. The monoisotopic (exact) mass is 556 g/mol. The van der Waals surface area contributed by atoms with E-state index in [0.29, 0.717) is 16.6 Å². The third-order valence-electron chi connectivity index (χ3n) is 7.65. The number of rotatable bonds is 3. The van der Waals surface area contributed by atoms with E-state index < -0.39 is 53.5 Å². The highest BCUT2D eigenvalue weighted by molar-refractivity contribution is 5.99. The number of halogens is 3. The number of benzene rings is 1. The van der Waals surface area contributed by atoms with Gasteiger partial charge in [-0.15, -0.1) is 0 Å². The van der Waals surface area contributed by atoms with Crippen LogP contribution in [0.25, 0.3) is 10.9 Å². The first-order valence-corrected chi connectivity index (χ1v) is 12.6. The zero-order valence-corrected chi connectivity index (χ0v) is 22.1. The predicted octanol–water partition coefficient (Wildman–Crippen LogP) is 3.19. The van der Waals surface area contributed by atoms with Crippen molar-refractivity contribution < 1.29 is 32.3 Å². The van der Waals surface area contributed by atoms with Crippen molar-refractivity contribution in [2.75, 3.05) is 31.1 Å². The lowest BCUT2D eigenvalue weighted by atomic mass is 9.95. The molecule has 1 saturated carbocycles. The molecule has 40 heavy (non-hydrogen) atoms. The van der Waals surface area contributed by atoms with E-state index in [1.807, 2.05) is 6.07 Å². The minimum Gasteiger partial charge on any atom is -0.444 e. The van der Waals surface area contributed by atoms with E-state index in [2.05, 4.69) is 15.8 Å². The summed E-state index contributed by atoms with van der Waals surface area (Å²) in [7, 11) is 0. The van der Waals surface area contributed by atoms with Gasteiger partial charge in [-0.25, -0.2) is 4.79 Å². The van der Waals surface area contributed by atoms with E-state index >= 15 is 0 Å². The number of pyridine rings is 1. The molecule has 13 heteroatoms. The number of amides is 3. The number of hydrogen-bond donors (Lipinski definition) is 2. The maximum absolute atomic E-state index is 14.4. The number of carbonyl (C=O) groups excluding carboxylic acids is 3. The van der Waals surface area contributed by atoms with Gasteiger partial charge in [0.25, 0.3) is 5.91 Å². The molecule has 2 aliphatic heterocycles. The third-order valence-corrected chi connectivity index (χ3v) is 7.65. The normalized spacial score (nSPS) is 23.8. The molecule has 0 radical (unpaired) electrons. The first-order chi connectivity index (χ1) is 18.7. The molecule has 1 aromatic heterocycles. The van der Waals surface area contributed by atoms with Gasteiger partial charge in [-0.2, -0.15) is 18.4 Å². The van der Waals surface area contributed by atoms with Gasteiger partial charge in [-0.05, 0) is 51.5 Å². The first kappa shape index (κ1) is 27.2. The highest BCUT2D eigenvalue weighted by Gasteiger charge is 2.86. The molecule has 210 valence electrons. The summed E-state index contributed by atoms with van der Waals surface area (Å²) in [6.07, 6.45) is -2.72. The number of hydrazine groups is 1. The number of ether oxygens (including phenoxy) is 1. The molecule has 1 saturated heterocycles. The molecule has 1 aliphatic carbocycles. The van der Waals surface area contributed by atoms with Gasteiger partial charge in [0.05, 0.1) is 23.0 Å². The fourth-order valence-corrected chi connectivity index (χ4v) is 5.62. The molecule has 2 atom stereocenters. The van der Waals surface area contributed by atoms with E-state index in [0.717, 1.165) is 0 Å². The molecular formula is C27H27F3N6O4. The van der Waals surface area contributed by atoms with Crippen molar-refractivity contribution in [2.45, 2.75) is 39.0 Å². The Morgan fingerprint density at radius 2 is 1.88 bits per heavy atom. The smallest absolute Gasteiger partial charge is 0.410 e. The highest BCUT2D eigenvalue weighted by Crippen LogP contribution is 2.75. The highest BCUT2D eigenvalue weighted by atomic mass is 19.4. The van der Waals surface area contributed by atoms with Crippen LogP contribution in [0.4, 0.5) is 23.7 Å². The molecule has 1 aromatic carbocycles. The number of nitriles is 1. The maximum Gasteiger partial charge on any atom is 0.410 e. The molecular weight excluding hydrogens is 529 g/mol. The lowest BCUT2D eigenvalue weighted by molar-refractivity contribution is -0.191. The van der Waals surface area contributed by atoms with Gasteiger partial charge >= 0.3 is 12.3 Å². The summed E-state index contributed by atoms with van der Waals surface area (Å²) in [4.78, 5) is 45.2. The van der Waals surface area contributed by atoms with Crippen molar-refractivity contribution in [1.29, 1.82) is 5.26 Å². The minimum absolute atomic E-state index is 0.0676. The van der Waals surface area contributed by atoms with Crippen LogP contribution >= 0.6 is 0 Å². The van der Waals surface area contributed by atoms with Crippen LogP contribution in [-0.2, 0) is 14.3 Å². The summed E-state index contributed by atoms with van der Waals surface area (Å²) in [6.45, 7) is 4.49. The number of anilines is 1. The van der Waals surface area contributed by atoms with Crippen LogP contribution in [-0.4, -0.2) is 65.7 Å². The number of nitrogens with one attached hydrogen (secondary N) is 2. The Hall–Kier alpha value is -4.34. The Morgan fingerprint density at radius 1 is 1.12 bits per heavy atom. The quantitative estimate of drug-likeness (QED) is 0.556. The molecule has 3 heterocycles.